The lowest BCUT2D eigenvalue weighted by Gasteiger charge is -2.22. The Morgan fingerprint density at radius 2 is 1.57 bits per heavy atom. The zero-order chi connectivity index (χ0) is 19.6. The molecule has 28 heavy (non-hydrogen) atoms. The predicted molar refractivity (Wildman–Crippen MR) is 110 cm³/mol. The summed E-state index contributed by atoms with van der Waals surface area (Å²) in [6.45, 7) is 10.8. The highest BCUT2D eigenvalue weighted by Gasteiger charge is 2.08. The molecule has 0 fully saturated rings. The van der Waals surface area contributed by atoms with Gasteiger partial charge in [-0.25, -0.2) is 4.79 Å². The topological polar surface area (TPSA) is 62.8 Å². The molecule has 154 valence electrons. The number of aryl methyl sites for hydroxylation is 1. The van der Waals surface area contributed by atoms with Crippen LogP contribution in [0.2, 0.25) is 0 Å². The molecule has 0 aliphatic rings. The largest absolute Gasteiger partial charge is 1.00 e. The maximum atomic E-state index is 12.1. The van der Waals surface area contributed by atoms with E-state index in [1.54, 1.807) is 12.1 Å². The van der Waals surface area contributed by atoms with Crippen molar-refractivity contribution in [1.29, 1.82) is 0 Å². The van der Waals surface area contributed by atoms with Gasteiger partial charge in [0.15, 0.2) is 6.73 Å². The van der Waals surface area contributed by atoms with E-state index in [9.17, 15) is 4.79 Å². The Hall–Kier alpha value is -2.60. The highest BCUT2D eigenvalue weighted by atomic mass is 35.5. The lowest BCUT2D eigenvalue weighted by atomic mass is 10.1. The number of amides is 2. The van der Waals surface area contributed by atoms with Crippen LogP contribution < -0.4 is 37.4 Å². The van der Waals surface area contributed by atoms with Gasteiger partial charge in [0.2, 0.25) is 0 Å². The van der Waals surface area contributed by atoms with Crippen molar-refractivity contribution in [2.75, 3.05) is 36.6 Å². The summed E-state index contributed by atoms with van der Waals surface area (Å²) in [6.07, 6.45) is 0. The second kappa shape index (κ2) is 12.0. The standard InChI is InChI=1S/C21H29N3O3.ClH/c1-5-24(6-2)17-8-13-20(16(4)14-17)23-21(25)22-15-27-19-11-9-18(10-12-19)26-7-3;/h8-14H,5-7,15H2,1-4H3,(H2,22,23,25);1H/p-1. The van der Waals surface area contributed by atoms with Gasteiger partial charge >= 0.3 is 6.03 Å². The first-order valence-corrected chi connectivity index (χ1v) is 9.33. The maximum Gasteiger partial charge on any atom is 0.321 e. The number of rotatable bonds is 9. The summed E-state index contributed by atoms with van der Waals surface area (Å²) in [7, 11) is 0. The van der Waals surface area contributed by atoms with Crippen LogP contribution in [0.3, 0.4) is 0 Å². The molecule has 0 heterocycles. The fourth-order valence-electron chi connectivity index (χ4n) is 2.72. The van der Waals surface area contributed by atoms with E-state index in [0.717, 1.165) is 35.8 Å². The first-order chi connectivity index (χ1) is 13.1. The van der Waals surface area contributed by atoms with E-state index in [0.29, 0.717) is 12.4 Å². The van der Waals surface area contributed by atoms with Gasteiger partial charge in [0, 0.05) is 24.5 Å². The van der Waals surface area contributed by atoms with Crippen molar-refractivity contribution in [3.63, 3.8) is 0 Å². The van der Waals surface area contributed by atoms with Crippen LogP contribution >= 0.6 is 0 Å². The third kappa shape index (κ3) is 6.85. The maximum absolute atomic E-state index is 12.1. The first kappa shape index (κ1) is 23.4. The Kier molecular flexibility index (Phi) is 10.0. The Morgan fingerprint density at radius 3 is 2.11 bits per heavy atom. The third-order valence-corrected chi connectivity index (χ3v) is 4.19. The smallest absolute Gasteiger partial charge is 0.321 e. The van der Waals surface area contributed by atoms with Gasteiger partial charge < -0.3 is 37.4 Å². The molecule has 0 aliphatic heterocycles. The summed E-state index contributed by atoms with van der Waals surface area (Å²) in [5.74, 6) is 1.46. The SMILES string of the molecule is CCOc1ccc(OCNC(=O)Nc2ccc(N(CC)CC)cc2C)cc1.[Cl-]. The molecule has 0 saturated carbocycles. The lowest BCUT2D eigenvalue weighted by molar-refractivity contribution is -0.0000102. The normalized spacial score (nSPS) is 9.86. The molecule has 0 saturated heterocycles. The number of hydrogen-bond acceptors (Lipinski definition) is 4. The van der Waals surface area contributed by atoms with E-state index in [-0.39, 0.29) is 25.2 Å². The number of ether oxygens (including phenoxy) is 2. The molecule has 2 rings (SSSR count). The zero-order valence-electron chi connectivity index (χ0n) is 16.9. The van der Waals surface area contributed by atoms with Gasteiger partial charge in [0.25, 0.3) is 0 Å². The fourth-order valence-corrected chi connectivity index (χ4v) is 2.72. The minimum Gasteiger partial charge on any atom is -1.00 e. The quantitative estimate of drug-likeness (QED) is 0.618. The molecule has 2 aromatic rings. The Bertz CT molecular complexity index is 734. The average molecular weight is 407 g/mol. The number of carbonyl (C=O) groups excluding carboxylic acids is 1. The molecule has 0 aliphatic carbocycles. The fraction of sp³-hybridized carbons (Fsp3) is 0.381. The third-order valence-electron chi connectivity index (χ3n) is 4.19. The number of carbonyl (C=O) groups is 1. The van der Waals surface area contributed by atoms with Crippen LogP contribution in [0.4, 0.5) is 16.2 Å². The minimum absolute atomic E-state index is 0. The van der Waals surface area contributed by atoms with Crippen LogP contribution in [0.15, 0.2) is 42.5 Å². The van der Waals surface area contributed by atoms with Gasteiger partial charge in [-0.1, -0.05) is 0 Å². The summed E-state index contributed by atoms with van der Waals surface area (Å²) < 4.78 is 10.9. The van der Waals surface area contributed by atoms with Crippen molar-refractivity contribution < 1.29 is 26.7 Å². The van der Waals surface area contributed by atoms with Crippen molar-refractivity contribution in [3.8, 4) is 11.5 Å². The van der Waals surface area contributed by atoms with Crippen LogP contribution in [0.25, 0.3) is 0 Å². The molecule has 7 heteroatoms. The Labute approximate surface area is 173 Å². The van der Waals surface area contributed by atoms with Crippen LogP contribution in [0.5, 0.6) is 11.5 Å². The number of hydrogen-bond donors (Lipinski definition) is 2. The van der Waals surface area contributed by atoms with Crippen molar-refractivity contribution >= 4 is 17.4 Å². The first-order valence-electron chi connectivity index (χ1n) is 9.33. The van der Waals surface area contributed by atoms with Gasteiger partial charge in [-0.05, 0) is 75.7 Å². The van der Waals surface area contributed by atoms with Crippen molar-refractivity contribution in [2.45, 2.75) is 27.7 Å². The van der Waals surface area contributed by atoms with Gasteiger partial charge in [0.1, 0.15) is 11.5 Å². The van der Waals surface area contributed by atoms with Crippen molar-refractivity contribution in [3.05, 3.63) is 48.0 Å². The van der Waals surface area contributed by atoms with Crippen LogP contribution in [0, 0.1) is 6.92 Å². The summed E-state index contributed by atoms with van der Waals surface area (Å²) in [6, 6.07) is 13.0. The lowest BCUT2D eigenvalue weighted by Crippen LogP contribution is -3.00. The van der Waals surface area contributed by atoms with E-state index in [1.165, 1.54) is 0 Å². The number of nitrogens with zero attached hydrogens (tertiary/aromatic N) is 1. The molecule has 0 unspecified atom stereocenters. The number of benzene rings is 2. The molecule has 0 bridgehead atoms. The second-order valence-corrected chi connectivity index (χ2v) is 6.00. The van der Waals surface area contributed by atoms with Crippen LogP contribution in [-0.4, -0.2) is 32.5 Å². The molecular formula is C21H29ClN3O3-. The summed E-state index contributed by atoms with van der Waals surface area (Å²) >= 11 is 0. The Balaban J connectivity index is 0.00000392. The number of nitrogens with one attached hydrogen (secondary N) is 2. The number of anilines is 2. The highest BCUT2D eigenvalue weighted by Crippen LogP contribution is 2.22. The molecular weight excluding hydrogens is 378 g/mol. The molecule has 0 aromatic heterocycles. The molecule has 2 amide bonds. The van der Waals surface area contributed by atoms with Gasteiger partial charge in [0.05, 0.1) is 6.61 Å². The van der Waals surface area contributed by atoms with E-state index < -0.39 is 0 Å². The zero-order valence-corrected chi connectivity index (χ0v) is 17.7. The van der Waals surface area contributed by atoms with E-state index in [4.69, 9.17) is 9.47 Å². The summed E-state index contributed by atoms with van der Waals surface area (Å²) in [4.78, 5) is 14.4. The van der Waals surface area contributed by atoms with Gasteiger partial charge in [-0.2, -0.15) is 0 Å². The highest BCUT2D eigenvalue weighted by molar-refractivity contribution is 5.90. The van der Waals surface area contributed by atoms with E-state index >= 15 is 0 Å². The molecule has 2 N–H and O–H groups in total. The molecule has 0 atom stereocenters. The number of urea groups is 1. The van der Waals surface area contributed by atoms with Crippen LogP contribution in [0.1, 0.15) is 26.3 Å². The average Bonchev–Trinajstić information content (AvgIpc) is 2.66. The predicted octanol–water partition coefficient (Wildman–Crippen LogP) is 1.40. The molecule has 2 aromatic carbocycles. The monoisotopic (exact) mass is 406 g/mol. The van der Waals surface area contributed by atoms with Gasteiger partial charge in [-0.15, -0.1) is 0 Å². The van der Waals surface area contributed by atoms with E-state index in [1.807, 2.05) is 38.1 Å². The van der Waals surface area contributed by atoms with E-state index in [2.05, 4.69) is 35.4 Å². The minimum atomic E-state index is -0.306. The molecule has 0 spiro atoms. The molecule has 6 nitrogen and oxygen atoms in total. The summed E-state index contributed by atoms with van der Waals surface area (Å²) in [5, 5.41) is 5.55. The van der Waals surface area contributed by atoms with Gasteiger partial charge in [-0.3, -0.25) is 0 Å². The van der Waals surface area contributed by atoms with Crippen LogP contribution in [-0.2, 0) is 0 Å². The van der Waals surface area contributed by atoms with Crippen molar-refractivity contribution in [1.82, 2.24) is 5.32 Å². The Morgan fingerprint density at radius 1 is 0.964 bits per heavy atom. The summed E-state index contributed by atoms with van der Waals surface area (Å²) in [5.41, 5.74) is 2.95. The number of halogens is 1. The van der Waals surface area contributed by atoms with Crippen molar-refractivity contribution in [2.24, 2.45) is 0 Å². The second-order valence-electron chi connectivity index (χ2n) is 6.00. The molecule has 0 radical (unpaired) electrons.